The van der Waals surface area contributed by atoms with Gasteiger partial charge in [-0.25, -0.2) is 8.78 Å². The molecular formula is C15H11F2NO2. The molecule has 102 valence electrons. The summed E-state index contributed by atoms with van der Waals surface area (Å²) in [5.74, 6) is -2.94. The van der Waals surface area contributed by atoms with Crippen LogP contribution >= 0.6 is 0 Å². The van der Waals surface area contributed by atoms with Crippen molar-refractivity contribution in [3.05, 3.63) is 65.2 Å². The minimum Gasteiger partial charge on any atom is -0.321 e. The van der Waals surface area contributed by atoms with Crippen molar-refractivity contribution in [2.45, 2.75) is 6.92 Å². The molecule has 3 nitrogen and oxygen atoms in total. The highest BCUT2D eigenvalue weighted by atomic mass is 19.2. The van der Waals surface area contributed by atoms with Crippen molar-refractivity contribution in [1.82, 2.24) is 0 Å². The third kappa shape index (κ3) is 2.88. The van der Waals surface area contributed by atoms with Crippen LogP contribution in [0.25, 0.3) is 0 Å². The first kappa shape index (κ1) is 13.9. The quantitative estimate of drug-likeness (QED) is 0.872. The van der Waals surface area contributed by atoms with E-state index in [0.717, 1.165) is 12.1 Å². The second-order valence-corrected chi connectivity index (χ2v) is 4.18. The molecule has 0 bridgehead atoms. The fourth-order valence-electron chi connectivity index (χ4n) is 1.73. The van der Waals surface area contributed by atoms with Crippen molar-refractivity contribution in [1.29, 1.82) is 0 Å². The standard InChI is InChI=1S/C15H11F2NO2/c1-9(19)11-4-2-3-5-14(11)18-15(20)10-6-7-12(16)13(17)8-10/h2-8H,1H3,(H,18,20). The molecule has 0 heterocycles. The summed E-state index contributed by atoms with van der Waals surface area (Å²) in [7, 11) is 0. The van der Waals surface area contributed by atoms with Crippen LogP contribution < -0.4 is 5.32 Å². The van der Waals surface area contributed by atoms with Crippen LogP contribution in [-0.2, 0) is 0 Å². The highest BCUT2D eigenvalue weighted by Gasteiger charge is 2.13. The minimum absolute atomic E-state index is 0.0257. The summed E-state index contributed by atoms with van der Waals surface area (Å²) in [5.41, 5.74) is 0.653. The normalized spacial score (nSPS) is 10.2. The van der Waals surface area contributed by atoms with Gasteiger partial charge in [0.15, 0.2) is 17.4 Å². The summed E-state index contributed by atoms with van der Waals surface area (Å²) in [6.45, 7) is 1.38. The minimum atomic E-state index is -1.10. The number of hydrogen-bond acceptors (Lipinski definition) is 2. The molecule has 0 atom stereocenters. The highest BCUT2D eigenvalue weighted by molar-refractivity contribution is 6.08. The predicted octanol–water partition coefficient (Wildman–Crippen LogP) is 3.42. The van der Waals surface area contributed by atoms with Crippen LogP contribution in [0.5, 0.6) is 0 Å². The number of anilines is 1. The highest BCUT2D eigenvalue weighted by Crippen LogP contribution is 2.17. The fourth-order valence-corrected chi connectivity index (χ4v) is 1.73. The van der Waals surface area contributed by atoms with Crippen molar-refractivity contribution in [2.75, 3.05) is 5.32 Å². The number of Topliss-reactive ketones (excluding diaryl/α,β-unsaturated/α-hetero) is 1. The summed E-state index contributed by atoms with van der Waals surface area (Å²) >= 11 is 0. The van der Waals surface area contributed by atoms with Crippen LogP contribution in [0, 0.1) is 11.6 Å². The number of para-hydroxylation sites is 1. The van der Waals surface area contributed by atoms with E-state index in [1.807, 2.05) is 0 Å². The smallest absolute Gasteiger partial charge is 0.255 e. The maximum atomic E-state index is 13.1. The monoisotopic (exact) mass is 275 g/mol. The maximum Gasteiger partial charge on any atom is 0.255 e. The molecule has 0 fully saturated rings. The van der Waals surface area contributed by atoms with E-state index in [2.05, 4.69) is 5.32 Å². The summed E-state index contributed by atoms with van der Waals surface area (Å²) < 4.78 is 25.9. The number of halogens is 2. The molecule has 2 rings (SSSR count). The average molecular weight is 275 g/mol. The van der Waals surface area contributed by atoms with Gasteiger partial charge in [-0.15, -0.1) is 0 Å². The largest absolute Gasteiger partial charge is 0.321 e. The van der Waals surface area contributed by atoms with E-state index >= 15 is 0 Å². The van der Waals surface area contributed by atoms with Crippen molar-refractivity contribution in [3.8, 4) is 0 Å². The number of rotatable bonds is 3. The third-order valence-corrected chi connectivity index (χ3v) is 2.74. The molecule has 2 aromatic rings. The molecule has 0 aliphatic carbocycles. The van der Waals surface area contributed by atoms with Crippen molar-refractivity contribution in [3.63, 3.8) is 0 Å². The van der Waals surface area contributed by atoms with E-state index in [-0.39, 0.29) is 11.3 Å². The molecule has 0 saturated carbocycles. The SMILES string of the molecule is CC(=O)c1ccccc1NC(=O)c1ccc(F)c(F)c1. The Balaban J connectivity index is 2.28. The molecule has 0 aromatic heterocycles. The van der Waals surface area contributed by atoms with E-state index in [1.54, 1.807) is 24.3 Å². The lowest BCUT2D eigenvalue weighted by Gasteiger charge is -2.09. The lowest BCUT2D eigenvalue weighted by molar-refractivity contribution is 0.101. The Labute approximate surface area is 114 Å². The van der Waals surface area contributed by atoms with Gasteiger partial charge in [-0.05, 0) is 37.3 Å². The number of ketones is 1. The van der Waals surface area contributed by atoms with Crippen LogP contribution in [0.4, 0.5) is 14.5 Å². The molecule has 1 N–H and O–H groups in total. The Bertz CT molecular complexity index is 683. The maximum absolute atomic E-state index is 13.1. The van der Waals surface area contributed by atoms with Crippen LogP contribution in [0.15, 0.2) is 42.5 Å². The summed E-state index contributed by atoms with van der Waals surface area (Å²) in [5, 5.41) is 2.51. The van der Waals surface area contributed by atoms with Gasteiger partial charge in [-0.1, -0.05) is 12.1 Å². The predicted molar refractivity (Wildman–Crippen MR) is 70.8 cm³/mol. The molecule has 0 unspecified atom stereocenters. The Morgan fingerprint density at radius 3 is 2.35 bits per heavy atom. The molecule has 2 aromatic carbocycles. The Hall–Kier alpha value is -2.56. The van der Waals surface area contributed by atoms with Gasteiger partial charge in [0, 0.05) is 11.1 Å². The van der Waals surface area contributed by atoms with E-state index in [9.17, 15) is 18.4 Å². The average Bonchev–Trinajstić information content (AvgIpc) is 2.42. The topological polar surface area (TPSA) is 46.2 Å². The first-order valence-electron chi connectivity index (χ1n) is 5.85. The van der Waals surface area contributed by atoms with Crippen molar-refractivity contribution in [2.24, 2.45) is 0 Å². The number of carbonyl (C=O) groups excluding carboxylic acids is 2. The second kappa shape index (κ2) is 5.61. The number of nitrogens with one attached hydrogen (secondary N) is 1. The van der Waals surface area contributed by atoms with Gasteiger partial charge in [-0.3, -0.25) is 9.59 Å². The lowest BCUT2D eigenvalue weighted by atomic mass is 10.1. The van der Waals surface area contributed by atoms with Crippen LogP contribution in [0.2, 0.25) is 0 Å². The Morgan fingerprint density at radius 1 is 1.00 bits per heavy atom. The molecule has 20 heavy (non-hydrogen) atoms. The first-order valence-corrected chi connectivity index (χ1v) is 5.85. The summed E-state index contributed by atoms with van der Waals surface area (Å²) in [4.78, 5) is 23.4. The fraction of sp³-hybridized carbons (Fsp3) is 0.0667. The molecule has 0 aliphatic heterocycles. The second-order valence-electron chi connectivity index (χ2n) is 4.18. The van der Waals surface area contributed by atoms with Gasteiger partial charge < -0.3 is 5.32 Å². The first-order chi connectivity index (χ1) is 9.49. The van der Waals surface area contributed by atoms with Gasteiger partial charge in [0.2, 0.25) is 0 Å². The molecule has 1 amide bonds. The molecule has 0 radical (unpaired) electrons. The zero-order chi connectivity index (χ0) is 14.7. The van der Waals surface area contributed by atoms with E-state index in [1.165, 1.54) is 13.0 Å². The van der Waals surface area contributed by atoms with Crippen molar-refractivity contribution < 1.29 is 18.4 Å². The summed E-state index contributed by atoms with van der Waals surface area (Å²) in [6, 6.07) is 9.32. The van der Waals surface area contributed by atoms with Crippen LogP contribution in [0.3, 0.4) is 0 Å². The number of amides is 1. The Kier molecular flexibility index (Phi) is 3.89. The molecule has 0 saturated heterocycles. The number of hydrogen-bond donors (Lipinski definition) is 1. The number of benzene rings is 2. The third-order valence-electron chi connectivity index (χ3n) is 2.74. The van der Waals surface area contributed by atoms with Gasteiger partial charge in [-0.2, -0.15) is 0 Å². The molecule has 0 aliphatic rings. The molecule has 5 heteroatoms. The van der Waals surface area contributed by atoms with Crippen molar-refractivity contribution >= 4 is 17.4 Å². The molecular weight excluding hydrogens is 264 g/mol. The molecule has 0 spiro atoms. The summed E-state index contributed by atoms with van der Waals surface area (Å²) in [6.07, 6.45) is 0. The number of carbonyl (C=O) groups is 2. The van der Waals surface area contributed by atoms with Gasteiger partial charge in [0.25, 0.3) is 5.91 Å². The van der Waals surface area contributed by atoms with Gasteiger partial charge >= 0.3 is 0 Å². The van der Waals surface area contributed by atoms with Crippen LogP contribution in [0.1, 0.15) is 27.6 Å². The van der Waals surface area contributed by atoms with E-state index < -0.39 is 17.5 Å². The zero-order valence-corrected chi connectivity index (χ0v) is 10.6. The Morgan fingerprint density at radius 2 is 1.70 bits per heavy atom. The van der Waals surface area contributed by atoms with Gasteiger partial charge in [0.05, 0.1) is 5.69 Å². The van der Waals surface area contributed by atoms with E-state index in [4.69, 9.17) is 0 Å². The zero-order valence-electron chi connectivity index (χ0n) is 10.6. The van der Waals surface area contributed by atoms with Gasteiger partial charge in [0.1, 0.15) is 0 Å². The van der Waals surface area contributed by atoms with Crippen LogP contribution in [-0.4, -0.2) is 11.7 Å². The lowest BCUT2D eigenvalue weighted by Crippen LogP contribution is -2.14. The van der Waals surface area contributed by atoms with E-state index in [0.29, 0.717) is 11.3 Å².